The Balaban J connectivity index is 5.20. The lowest BCUT2D eigenvalue weighted by Crippen LogP contribution is -2.30. The van der Waals surface area contributed by atoms with Gasteiger partial charge < -0.3 is 33.8 Å². The van der Waals surface area contributed by atoms with E-state index >= 15 is 0 Å². The van der Waals surface area contributed by atoms with E-state index in [1.807, 2.05) is 0 Å². The van der Waals surface area contributed by atoms with Gasteiger partial charge in [-0.15, -0.1) is 0 Å². The Morgan fingerprint density at radius 1 is 0.237 bits per heavy atom. The Labute approximate surface area is 702 Å². The van der Waals surface area contributed by atoms with Crippen molar-refractivity contribution < 1.29 is 80.2 Å². The van der Waals surface area contributed by atoms with Crippen LogP contribution in [0.5, 0.6) is 0 Å². The second-order valence-electron chi connectivity index (χ2n) is 35.1. The minimum absolute atomic E-state index is 0.109. The van der Waals surface area contributed by atoms with E-state index in [4.69, 9.17) is 37.0 Å². The molecule has 0 heterocycles. The molecule has 0 aliphatic heterocycles. The zero-order chi connectivity index (χ0) is 83.4. The number of carbonyl (C=O) groups is 4. The van der Waals surface area contributed by atoms with Crippen LogP contribution in [-0.4, -0.2) is 96.7 Å². The molecule has 0 aromatic heterocycles. The average molecular weight is 1660 g/mol. The first-order valence-corrected chi connectivity index (χ1v) is 52.0. The third-order valence-corrected chi connectivity index (χ3v) is 24.4. The minimum Gasteiger partial charge on any atom is -0.462 e. The molecule has 0 saturated heterocycles. The van der Waals surface area contributed by atoms with E-state index in [-0.39, 0.29) is 25.7 Å². The van der Waals surface area contributed by atoms with E-state index in [0.29, 0.717) is 25.7 Å². The Kier molecular flexibility index (Phi) is 84.6. The maximum Gasteiger partial charge on any atom is 0.472 e. The van der Waals surface area contributed by atoms with Crippen LogP contribution in [0.15, 0.2) is 0 Å². The molecule has 17 nitrogen and oxygen atoms in total. The van der Waals surface area contributed by atoms with Crippen molar-refractivity contribution in [1.29, 1.82) is 0 Å². The first-order valence-electron chi connectivity index (χ1n) is 49.0. The molecule has 5 atom stereocenters. The van der Waals surface area contributed by atoms with Crippen LogP contribution in [0.25, 0.3) is 0 Å². The molecule has 0 aromatic carbocycles. The third-order valence-electron chi connectivity index (χ3n) is 22.5. The Bertz CT molecular complexity index is 2170. The van der Waals surface area contributed by atoms with Gasteiger partial charge in [-0.1, -0.05) is 465 Å². The molecule has 0 amide bonds. The van der Waals surface area contributed by atoms with Crippen LogP contribution >= 0.6 is 15.6 Å². The fourth-order valence-corrected chi connectivity index (χ4v) is 16.6. The van der Waals surface area contributed by atoms with Gasteiger partial charge in [0.05, 0.1) is 26.4 Å². The lowest BCUT2D eigenvalue weighted by molar-refractivity contribution is -0.161. The molecule has 19 heteroatoms. The number of carbonyl (C=O) groups excluding carboxylic acids is 4. The maximum atomic E-state index is 13.2. The highest BCUT2D eigenvalue weighted by molar-refractivity contribution is 7.47. The molecule has 0 rings (SSSR count). The molecule has 0 spiro atoms. The predicted octanol–water partition coefficient (Wildman–Crippen LogP) is 29.7. The molecule has 0 fully saturated rings. The monoisotopic (exact) mass is 1660 g/mol. The number of aliphatic hydroxyl groups is 1. The normalized spacial score (nSPS) is 13.7. The lowest BCUT2D eigenvalue weighted by Gasteiger charge is -2.21. The van der Waals surface area contributed by atoms with Crippen LogP contribution in [0.2, 0.25) is 0 Å². The summed E-state index contributed by atoms with van der Waals surface area (Å²) in [5, 5.41) is 10.7. The van der Waals surface area contributed by atoms with E-state index < -0.39 is 97.5 Å². The fraction of sp³-hybridized carbons (Fsp3) is 0.958. The van der Waals surface area contributed by atoms with E-state index in [2.05, 4.69) is 41.5 Å². The quantitative estimate of drug-likeness (QED) is 0.0222. The van der Waals surface area contributed by atoms with Gasteiger partial charge in [-0.05, 0) is 37.5 Å². The molecule has 0 saturated carbocycles. The summed E-state index contributed by atoms with van der Waals surface area (Å²) < 4.78 is 69.1. The zero-order valence-electron chi connectivity index (χ0n) is 75.4. The van der Waals surface area contributed by atoms with E-state index in [1.54, 1.807) is 0 Å². The SMILES string of the molecule is CCCCCCCCCCCCCCCCCCCCCCCCC(=O)O[C@H](COC(=O)CCCCCCCCCCCCCCCCCCCCC(C)C)COP(=O)(O)OC[C@@H](O)COP(=O)(O)OC[C@@H](COC(=O)CCCCCCCCCCCC)OC(=O)CCCCCCCCCCCCCCCCCCCCC(C)C. The first-order chi connectivity index (χ1) is 55.4. The van der Waals surface area contributed by atoms with Gasteiger partial charge in [-0.25, -0.2) is 9.13 Å². The first kappa shape index (κ1) is 112. The van der Waals surface area contributed by atoms with E-state index in [1.165, 1.54) is 334 Å². The Morgan fingerprint density at radius 3 is 0.596 bits per heavy atom. The molecule has 678 valence electrons. The van der Waals surface area contributed by atoms with Crippen molar-refractivity contribution in [2.75, 3.05) is 39.6 Å². The second-order valence-corrected chi connectivity index (χ2v) is 38.0. The number of phosphoric acid groups is 2. The smallest absolute Gasteiger partial charge is 0.462 e. The number of esters is 4. The highest BCUT2D eigenvalue weighted by atomic mass is 31.2. The van der Waals surface area contributed by atoms with Crippen molar-refractivity contribution >= 4 is 39.5 Å². The molecule has 0 aromatic rings. The number of phosphoric ester groups is 2. The van der Waals surface area contributed by atoms with Crippen molar-refractivity contribution in [2.24, 2.45) is 11.8 Å². The van der Waals surface area contributed by atoms with Gasteiger partial charge in [0.25, 0.3) is 0 Å². The van der Waals surface area contributed by atoms with Crippen LogP contribution in [0.1, 0.15) is 517 Å². The van der Waals surface area contributed by atoms with Gasteiger partial charge in [0, 0.05) is 25.7 Å². The van der Waals surface area contributed by atoms with E-state index in [9.17, 15) is 43.2 Å². The molecular weight excluding hydrogens is 1470 g/mol. The van der Waals surface area contributed by atoms with Crippen molar-refractivity contribution in [3.05, 3.63) is 0 Å². The highest BCUT2D eigenvalue weighted by Gasteiger charge is 2.31. The standard InChI is InChI=1S/C95H186O17P2/c1-7-9-11-13-15-17-19-20-21-22-23-24-25-26-34-39-44-49-55-61-67-73-80-95(100)112-91(84-106-93(98)78-72-66-60-54-48-43-38-33-29-27-31-36-41-46-51-57-63-69-75-87(3)4)86-110-114(103,104)108-82-89(96)81-107-113(101,102)109-85-90(83-105-92(97)77-71-65-59-53-18-16-14-12-10-8-2)111-94(99)79-74-68-62-56-50-45-40-35-30-28-32-37-42-47-52-58-64-70-76-88(5)6/h87-91,96H,7-86H2,1-6H3,(H,101,102)(H,103,104)/t89-,90+,91+/m0/s1. The Hall–Kier alpha value is -1.94. The molecule has 2 unspecified atom stereocenters. The third kappa shape index (κ3) is 87.9. The molecule has 114 heavy (non-hydrogen) atoms. The van der Waals surface area contributed by atoms with Gasteiger partial charge in [0.15, 0.2) is 12.2 Å². The van der Waals surface area contributed by atoms with Crippen LogP contribution in [0.4, 0.5) is 0 Å². The number of ether oxygens (including phenoxy) is 4. The second kappa shape index (κ2) is 86.0. The fourth-order valence-electron chi connectivity index (χ4n) is 15.0. The number of hydrogen-bond donors (Lipinski definition) is 3. The summed E-state index contributed by atoms with van der Waals surface area (Å²) in [6.45, 7) is 9.79. The summed E-state index contributed by atoms with van der Waals surface area (Å²) in [5.41, 5.74) is 0. The van der Waals surface area contributed by atoms with Gasteiger partial charge in [-0.3, -0.25) is 37.3 Å². The molecule has 3 N–H and O–H groups in total. The summed E-state index contributed by atoms with van der Waals surface area (Å²) >= 11 is 0. The number of hydrogen-bond acceptors (Lipinski definition) is 15. The molecule has 0 bridgehead atoms. The summed E-state index contributed by atoms with van der Waals surface area (Å²) in [4.78, 5) is 73.5. The van der Waals surface area contributed by atoms with Crippen LogP contribution in [0, 0.1) is 11.8 Å². The maximum absolute atomic E-state index is 13.2. The summed E-state index contributed by atoms with van der Waals surface area (Å²) in [6, 6.07) is 0. The minimum atomic E-state index is -4.97. The van der Waals surface area contributed by atoms with Crippen molar-refractivity contribution in [3.63, 3.8) is 0 Å². The van der Waals surface area contributed by atoms with Crippen LogP contribution in [-0.2, 0) is 65.4 Å². The summed E-state index contributed by atoms with van der Waals surface area (Å²) in [7, 11) is -9.94. The van der Waals surface area contributed by atoms with E-state index in [0.717, 1.165) is 102 Å². The van der Waals surface area contributed by atoms with Crippen molar-refractivity contribution in [1.82, 2.24) is 0 Å². The van der Waals surface area contributed by atoms with Crippen molar-refractivity contribution in [3.8, 4) is 0 Å². The molecular formula is C95H186O17P2. The van der Waals surface area contributed by atoms with Gasteiger partial charge in [-0.2, -0.15) is 0 Å². The highest BCUT2D eigenvalue weighted by Crippen LogP contribution is 2.45. The zero-order valence-corrected chi connectivity index (χ0v) is 77.2. The average Bonchev–Trinajstić information content (AvgIpc) is 0.761. The number of unbranched alkanes of at least 4 members (excludes halogenated alkanes) is 64. The molecule has 0 aliphatic rings. The van der Waals surface area contributed by atoms with Gasteiger partial charge in [0.1, 0.15) is 19.3 Å². The van der Waals surface area contributed by atoms with Gasteiger partial charge in [0.2, 0.25) is 0 Å². The summed E-state index contributed by atoms with van der Waals surface area (Å²) in [6.07, 6.45) is 82.2. The molecule has 0 radical (unpaired) electrons. The van der Waals surface area contributed by atoms with Gasteiger partial charge >= 0.3 is 39.5 Å². The largest absolute Gasteiger partial charge is 0.472 e. The number of aliphatic hydroxyl groups excluding tert-OH is 1. The molecule has 0 aliphatic carbocycles. The lowest BCUT2D eigenvalue weighted by atomic mass is 10.0. The van der Waals surface area contributed by atoms with Crippen LogP contribution in [0.3, 0.4) is 0 Å². The Morgan fingerprint density at radius 2 is 0.404 bits per heavy atom. The summed E-state index contributed by atoms with van der Waals surface area (Å²) in [5.74, 6) is -0.448. The van der Waals surface area contributed by atoms with Crippen molar-refractivity contribution in [2.45, 2.75) is 535 Å². The van der Waals surface area contributed by atoms with Crippen LogP contribution < -0.4 is 0 Å². The predicted molar refractivity (Wildman–Crippen MR) is 474 cm³/mol. The topological polar surface area (TPSA) is 237 Å². The number of rotatable bonds is 94.